The standard InChI is InChI=1S/C25H27ClFN3O2/c1-3-30-17(2)16-22(31)23(25(30)32)24(18-8-10-19(26)11-9-18)29-14-12-28(13-15-29)21-7-5-4-6-20(21)27/h4-11,16,24,31H,3,12-15H2,1-2H3/t24-/m0/s1. The number of anilines is 1. The molecule has 3 aromatic rings. The molecule has 1 aliphatic heterocycles. The highest BCUT2D eigenvalue weighted by atomic mass is 35.5. The average molecular weight is 456 g/mol. The van der Waals surface area contributed by atoms with E-state index >= 15 is 0 Å². The van der Waals surface area contributed by atoms with E-state index in [1.165, 1.54) is 6.07 Å². The van der Waals surface area contributed by atoms with Gasteiger partial charge >= 0.3 is 0 Å². The molecule has 2 aromatic carbocycles. The Labute approximate surface area is 192 Å². The van der Waals surface area contributed by atoms with Crippen molar-refractivity contribution in [1.82, 2.24) is 9.47 Å². The number of aromatic hydroxyl groups is 1. The van der Waals surface area contributed by atoms with Crippen LogP contribution in [0.5, 0.6) is 5.75 Å². The Balaban J connectivity index is 1.72. The van der Waals surface area contributed by atoms with Gasteiger partial charge in [0, 0.05) is 43.4 Å². The largest absolute Gasteiger partial charge is 0.507 e. The second-order valence-corrected chi connectivity index (χ2v) is 8.50. The van der Waals surface area contributed by atoms with Crippen LogP contribution in [-0.2, 0) is 6.54 Å². The topological polar surface area (TPSA) is 48.7 Å². The van der Waals surface area contributed by atoms with Crippen LogP contribution in [0.3, 0.4) is 0 Å². The van der Waals surface area contributed by atoms with Crippen molar-refractivity contribution >= 4 is 17.3 Å². The smallest absolute Gasteiger partial charge is 0.259 e. The fraction of sp³-hybridized carbons (Fsp3) is 0.320. The van der Waals surface area contributed by atoms with Gasteiger partial charge < -0.3 is 14.6 Å². The predicted molar refractivity (Wildman–Crippen MR) is 126 cm³/mol. The van der Waals surface area contributed by atoms with Crippen LogP contribution in [0.4, 0.5) is 10.1 Å². The SMILES string of the molecule is CCn1c(C)cc(O)c([C@H](c2ccc(Cl)cc2)N2CCN(c3ccccc3F)CC2)c1=O. The summed E-state index contributed by atoms with van der Waals surface area (Å²) in [6, 6.07) is 15.4. The summed E-state index contributed by atoms with van der Waals surface area (Å²) in [4.78, 5) is 17.6. The van der Waals surface area contributed by atoms with E-state index in [1.54, 1.807) is 34.9 Å². The fourth-order valence-electron chi connectivity index (χ4n) is 4.55. The molecule has 0 spiro atoms. The first kappa shape index (κ1) is 22.4. The highest BCUT2D eigenvalue weighted by Crippen LogP contribution is 2.34. The third-order valence-corrected chi connectivity index (χ3v) is 6.42. The number of benzene rings is 2. The molecule has 0 amide bonds. The van der Waals surface area contributed by atoms with Crippen LogP contribution in [0.1, 0.15) is 29.8 Å². The number of hydrogen-bond donors (Lipinski definition) is 1. The molecule has 1 saturated heterocycles. The molecule has 2 heterocycles. The number of halogens is 2. The average Bonchev–Trinajstić information content (AvgIpc) is 2.78. The van der Waals surface area contributed by atoms with Gasteiger partial charge in [-0.25, -0.2) is 4.39 Å². The van der Waals surface area contributed by atoms with Crippen molar-refractivity contribution < 1.29 is 9.50 Å². The molecule has 4 rings (SSSR count). The van der Waals surface area contributed by atoms with Gasteiger partial charge in [-0.15, -0.1) is 0 Å². The van der Waals surface area contributed by atoms with E-state index in [2.05, 4.69) is 4.90 Å². The quantitative estimate of drug-likeness (QED) is 0.611. The maximum atomic E-state index is 14.3. The summed E-state index contributed by atoms with van der Waals surface area (Å²) < 4.78 is 16.0. The van der Waals surface area contributed by atoms with E-state index < -0.39 is 6.04 Å². The van der Waals surface area contributed by atoms with Gasteiger partial charge in [0.1, 0.15) is 11.6 Å². The third kappa shape index (κ3) is 4.25. The van der Waals surface area contributed by atoms with Crippen LogP contribution in [-0.4, -0.2) is 40.8 Å². The van der Waals surface area contributed by atoms with Gasteiger partial charge in [0.25, 0.3) is 5.56 Å². The zero-order chi connectivity index (χ0) is 22.8. The number of rotatable bonds is 5. The van der Waals surface area contributed by atoms with Crippen molar-refractivity contribution in [3.8, 4) is 5.75 Å². The Morgan fingerprint density at radius 3 is 2.34 bits per heavy atom. The maximum absolute atomic E-state index is 14.3. The molecule has 1 fully saturated rings. The summed E-state index contributed by atoms with van der Waals surface area (Å²) >= 11 is 6.11. The molecule has 168 valence electrons. The molecule has 0 aliphatic carbocycles. The van der Waals surface area contributed by atoms with E-state index in [-0.39, 0.29) is 17.1 Å². The molecule has 1 N–H and O–H groups in total. The van der Waals surface area contributed by atoms with Crippen molar-refractivity contribution in [1.29, 1.82) is 0 Å². The molecule has 7 heteroatoms. The zero-order valence-corrected chi connectivity index (χ0v) is 19.0. The van der Waals surface area contributed by atoms with Crippen molar-refractivity contribution in [3.63, 3.8) is 0 Å². The normalized spacial score (nSPS) is 15.7. The van der Waals surface area contributed by atoms with Crippen LogP contribution >= 0.6 is 11.6 Å². The summed E-state index contributed by atoms with van der Waals surface area (Å²) in [6.45, 7) is 6.70. The van der Waals surface area contributed by atoms with Gasteiger partial charge in [0.2, 0.25) is 0 Å². The van der Waals surface area contributed by atoms with Crippen LogP contribution in [0.25, 0.3) is 0 Å². The van der Waals surface area contributed by atoms with Crippen molar-refractivity contribution in [2.75, 3.05) is 31.1 Å². The molecule has 32 heavy (non-hydrogen) atoms. The Kier molecular flexibility index (Phi) is 6.53. The molecule has 0 unspecified atom stereocenters. The van der Waals surface area contributed by atoms with E-state index in [9.17, 15) is 14.3 Å². The van der Waals surface area contributed by atoms with Gasteiger partial charge in [-0.2, -0.15) is 0 Å². The van der Waals surface area contributed by atoms with Crippen molar-refractivity contribution in [2.45, 2.75) is 26.4 Å². The second-order valence-electron chi connectivity index (χ2n) is 8.06. The first-order valence-corrected chi connectivity index (χ1v) is 11.2. The van der Waals surface area contributed by atoms with Crippen molar-refractivity contribution in [3.05, 3.63) is 92.6 Å². The number of aromatic nitrogens is 1. The van der Waals surface area contributed by atoms with Gasteiger partial charge in [0.05, 0.1) is 17.3 Å². The summed E-state index contributed by atoms with van der Waals surface area (Å²) in [5.41, 5.74) is 2.35. The Bertz CT molecular complexity index is 1150. The zero-order valence-electron chi connectivity index (χ0n) is 18.3. The molecule has 0 saturated carbocycles. The first-order chi connectivity index (χ1) is 15.4. The molecular weight excluding hydrogens is 429 g/mol. The fourth-order valence-corrected chi connectivity index (χ4v) is 4.68. The summed E-state index contributed by atoms with van der Waals surface area (Å²) in [7, 11) is 0. The molecule has 1 aromatic heterocycles. The number of piperazine rings is 1. The highest BCUT2D eigenvalue weighted by molar-refractivity contribution is 6.30. The summed E-state index contributed by atoms with van der Waals surface area (Å²) in [5, 5.41) is 11.5. The van der Waals surface area contributed by atoms with Crippen LogP contribution in [0.2, 0.25) is 5.02 Å². The van der Waals surface area contributed by atoms with E-state index in [4.69, 9.17) is 11.6 Å². The Morgan fingerprint density at radius 1 is 1.06 bits per heavy atom. The van der Waals surface area contributed by atoms with Crippen molar-refractivity contribution in [2.24, 2.45) is 0 Å². The summed E-state index contributed by atoms with van der Waals surface area (Å²) in [5.74, 6) is -0.245. The number of nitrogens with zero attached hydrogens (tertiary/aromatic N) is 3. The van der Waals surface area contributed by atoms with Gasteiger partial charge in [-0.3, -0.25) is 9.69 Å². The minimum atomic E-state index is -0.430. The molecule has 1 aliphatic rings. The minimum Gasteiger partial charge on any atom is -0.507 e. The Hall–Kier alpha value is -2.83. The van der Waals surface area contributed by atoms with E-state index in [0.29, 0.717) is 49.0 Å². The lowest BCUT2D eigenvalue weighted by atomic mass is 9.96. The third-order valence-electron chi connectivity index (χ3n) is 6.17. The lowest BCUT2D eigenvalue weighted by Crippen LogP contribution is -2.49. The summed E-state index contributed by atoms with van der Waals surface area (Å²) in [6.07, 6.45) is 0. The number of para-hydroxylation sites is 1. The van der Waals surface area contributed by atoms with Gasteiger partial charge in [-0.1, -0.05) is 35.9 Å². The minimum absolute atomic E-state index is 0.00585. The van der Waals surface area contributed by atoms with E-state index in [0.717, 1.165) is 11.3 Å². The molecule has 0 radical (unpaired) electrons. The predicted octanol–water partition coefficient (Wildman–Crippen LogP) is 4.59. The first-order valence-electron chi connectivity index (χ1n) is 10.8. The highest BCUT2D eigenvalue weighted by Gasteiger charge is 2.31. The molecular formula is C25H27ClFN3O2. The lowest BCUT2D eigenvalue weighted by molar-refractivity contribution is 0.207. The van der Waals surface area contributed by atoms with Crippen LogP contribution in [0.15, 0.2) is 59.4 Å². The van der Waals surface area contributed by atoms with Crippen LogP contribution in [0, 0.1) is 12.7 Å². The number of hydrogen-bond acceptors (Lipinski definition) is 4. The monoisotopic (exact) mass is 455 g/mol. The molecule has 0 bridgehead atoms. The number of aryl methyl sites for hydroxylation is 1. The van der Waals surface area contributed by atoms with E-state index in [1.807, 2.05) is 36.9 Å². The molecule has 1 atom stereocenters. The maximum Gasteiger partial charge on any atom is 0.259 e. The number of pyridine rings is 1. The second kappa shape index (κ2) is 9.35. The lowest BCUT2D eigenvalue weighted by Gasteiger charge is -2.40. The Morgan fingerprint density at radius 2 is 1.72 bits per heavy atom. The van der Waals surface area contributed by atoms with Crippen LogP contribution < -0.4 is 10.5 Å². The van der Waals surface area contributed by atoms with Gasteiger partial charge in [0.15, 0.2) is 0 Å². The van der Waals surface area contributed by atoms with Gasteiger partial charge in [-0.05, 0) is 49.7 Å². The molecule has 5 nitrogen and oxygen atoms in total.